The lowest BCUT2D eigenvalue weighted by atomic mass is 9.99. The molecule has 0 aliphatic rings. The van der Waals surface area contributed by atoms with Gasteiger partial charge in [0.15, 0.2) is 0 Å². The molecule has 0 radical (unpaired) electrons. The predicted octanol–water partition coefficient (Wildman–Crippen LogP) is 4.66. The van der Waals surface area contributed by atoms with Gasteiger partial charge >= 0.3 is 0 Å². The highest BCUT2D eigenvalue weighted by Gasteiger charge is 2.20. The Bertz CT molecular complexity index is 549. The van der Waals surface area contributed by atoms with Gasteiger partial charge in [-0.1, -0.05) is 6.07 Å². The van der Waals surface area contributed by atoms with E-state index in [0.29, 0.717) is 5.56 Å². The molecule has 0 amide bonds. The largest absolute Gasteiger partial charge is 0.383 e. The van der Waals surface area contributed by atoms with E-state index in [-0.39, 0.29) is 5.82 Å². The standard InChI is InChI=1S/C14H14BrFOS/c1-7-4-8(2)12(10(16)5-7)13(17)11-6-9(3)14(15)18-11/h4-6,13,17H,1-3H3. The summed E-state index contributed by atoms with van der Waals surface area (Å²) in [6.45, 7) is 5.62. The van der Waals surface area contributed by atoms with Crippen LogP contribution < -0.4 is 0 Å². The van der Waals surface area contributed by atoms with Crippen LogP contribution in [-0.4, -0.2) is 5.11 Å². The van der Waals surface area contributed by atoms with E-state index in [2.05, 4.69) is 15.9 Å². The second kappa shape index (κ2) is 5.11. The molecule has 0 aliphatic carbocycles. The van der Waals surface area contributed by atoms with Gasteiger partial charge in [0.05, 0.1) is 3.79 Å². The van der Waals surface area contributed by atoms with Crippen LogP contribution in [0.3, 0.4) is 0 Å². The van der Waals surface area contributed by atoms with Crippen molar-refractivity contribution < 1.29 is 9.50 Å². The fourth-order valence-corrected chi connectivity index (χ4v) is 3.60. The summed E-state index contributed by atoms with van der Waals surface area (Å²) in [7, 11) is 0. The maximum absolute atomic E-state index is 14.0. The summed E-state index contributed by atoms with van der Waals surface area (Å²) >= 11 is 4.86. The van der Waals surface area contributed by atoms with Crippen molar-refractivity contribution in [3.63, 3.8) is 0 Å². The number of benzene rings is 1. The van der Waals surface area contributed by atoms with Crippen LogP contribution in [0.1, 0.15) is 33.2 Å². The van der Waals surface area contributed by atoms with Crippen molar-refractivity contribution in [2.24, 2.45) is 0 Å². The highest BCUT2D eigenvalue weighted by atomic mass is 79.9. The van der Waals surface area contributed by atoms with E-state index in [4.69, 9.17) is 0 Å². The molecule has 1 aromatic carbocycles. The highest BCUT2D eigenvalue weighted by molar-refractivity contribution is 9.11. The molecule has 18 heavy (non-hydrogen) atoms. The molecule has 0 saturated carbocycles. The lowest BCUT2D eigenvalue weighted by Crippen LogP contribution is -2.04. The number of halogens is 2. The summed E-state index contributed by atoms with van der Waals surface area (Å²) in [4.78, 5) is 0.755. The Morgan fingerprint density at radius 1 is 1.17 bits per heavy atom. The van der Waals surface area contributed by atoms with E-state index in [0.717, 1.165) is 25.4 Å². The van der Waals surface area contributed by atoms with Gasteiger partial charge in [-0.15, -0.1) is 11.3 Å². The first-order valence-corrected chi connectivity index (χ1v) is 7.21. The molecule has 2 rings (SSSR count). The maximum atomic E-state index is 14.0. The van der Waals surface area contributed by atoms with Crippen molar-refractivity contribution in [3.05, 3.63) is 54.9 Å². The zero-order valence-electron chi connectivity index (χ0n) is 10.4. The van der Waals surface area contributed by atoms with Crippen LogP contribution in [0.4, 0.5) is 4.39 Å². The molecule has 96 valence electrons. The molecular formula is C14H14BrFOS. The average Bonchev–Trinajstić information content (AvgIpc) is 2.57. The smallest absolute Gasteiger partial charge is 0.129 e. The SMILES string of the molecule is Cc1cc(C)c(C(O)c2cc(C)c(Br)s2)c(F)c1. The molecule has 1 N–H and O–H groups in total. The summed E-state index contributed by atoms with van der Waals surface area (Å²) in [6, 6.07) is 5.23. The molecule has 1 heterocycles. The molecule has 0 spiro atoms. The maximum Gasteiger partial charge on any atom is 0.129 e. The quantitative estimate of drug-likeness (QED) is 0.850. The molecule has 0 bridgehead atoms. The Kier molecular flexibility index (Phi) is 3.90. The Morgan fingerprint density at radius 2 is 1.83 bits per heavy atom. The van der Waals surface area contributed by atoms with Crippen molar-refractivity contribution in [3.8, 4) is 0 Å². The molecule has 0 saturated heterocycles. The number of aliphatic hydroxyl groups excluding tert-OH is 1. The van der Waals surface area contributed by atoms with Crippen LogP contribution >= 0.6 is 27.3 Å². The van der Waals surface area contributed by atoms with E-state index >= 15 is 0 Å². The molecule has 1 nitrogen and oxygen atoms in total. The topological polar surface area (TPSA) is 20.2 Å². The van der Waals surface area contributed by atoms with Crippen LogP contribution in [-0.2, 0) is 0 Å². The van der Waals surface area contributed by atoms with Gasteiger partial charge in [0.2, 0.25) is 0 Å². The molecule has 0 fully saturated rings. The highest BCUT2D eigenvalue weighted by Crippen LogP contribution is 2.36. The third-order valence-corrected chi connectivity index (χ3v) is 5.09. The Balaban J connectivity index is 2.49. The summed E-state index contributed by atoms with van der Waals surface area (Å²) in [5.74, 6) is -0.345. The predicted molar refractivity (Wildman–Crippen MR) is 76.7 cm³/mol. The first kappa shape index (κ1) is 13.7. The Labute approximate surface area is 118 Å². The van der Waals surface area contributed by atoms with Crippen LogP contribution in [0.15, 0.2) is 22.0 Å². The van der Waals surface area contributed by atoms with Gasteiger partial charge in [0.1, 0.15) is 11.9 Å². The Hall–Kier alpha value is -0.710. The normalized spacial score (nSPS) is 12.8. The lowest BCUT2D eigenvalue weighted by molar-refractivity contribution is 0.218. The molecule has 2 aromatic rings. The van der Waals surface area contributed by atoms with Crippen molar-refractivity contribution in [2.75, 3.05) is 0 Å². The first-order valence-electron chi connectivity index (χ1n) is 5.60. The van der Waals surface area contributed by atoms with Crippen molar-refractivity contribution in [1.82, 2.24) is 0 Å². The molecule has 1 aromatic heterocycles. The van der Waals surface area contributed by atoms with Crippen molar-refractivity contribution in [2.45, 2.75) is 26.9 Å². The van der Waals surface area contributed by atoms with E-state index in [1.54, 1.807) is 0 Å². The van der Waals surface area contributed by atoms with Gasteiger partial charge in [-0.3, -0.25) is 0 Å². The van der Waals surface area contributed by atoms with Crippen molar-refractivity contribution >= 4 is 27.3 Å². The van der Waals surface area contributed by atoms with E-state index < -0.39 is 6.10 Å². The molecular weight excluding hydrogens is 315 g/mol. The third kappa shape index (κ3) is 2.51. The van der Waals surface area contributed by atoms with Crippen molar-refractivity contribution in [1.29, 1.82) is 0 Å². The molecule has 1 unspecified atom stereocenters. The summed E-state index contributed by atoms with van der Waals surface area (Å²) in [5, 5.41) is 10.3. The van der Waals surface area contributed by atoms with Gasteiger partial charge in [-0.2, -0.15) is 0 Å². The number of hydrogen-bond donors (Lipinski definition) is 1. The fourth-order valence-electron chi connectivity index (χ4n) is 2.03. The van der Waals surface area contributed by atoms with E-state index in [1.807, 2.05) is 32.9 Å². The van der Waals surface area contributed by atoms with Gasteiger partial charge in [-0.05, 0) is 65.5 Å². The van der Waals surface area contributed by atoms with Gasteiger partial charge in [0, 0.05) is 10.4 Å². The first-order chi connectivity index (χ1) is 8.40. The number of hydrogen-bond acceptors (Lipinski definition) is 2. The lowest BCUT2D eigenvalue weighted by Gasteiger charge is -2.14. The van der Waals surface area contributed by atoms with Gasteiger partial charge in [0.25, 0.3) is 0 Å². The fraction of sp³-hybridized carbons (Fsp3) is 0.286. The van der Waals surface area contributed by atoms with Crippen LogP contribution in [0.25, 0.3) is 0 Å². The minimum atomic E-state index is -0.902. The van der Waals surface area contributed by atoms with E-state index in [9.17, 15) is 9.50 Å². The summed E-state index contributed by atoms with van der Waals surface area (Å²) in [5.41, 5.74) is 3.07. The monoisotopic (exact) mass is 328 g/mol. The second-order valence-electron chi connectivity index (χ2n) is 4.49. The van der Waals surface area contributed by atoms with Crippen LogP contribution in [0.2, 0.25) is 0 Å². The molecule has 1 atom stereocenters. The minimum Gasteiger partial charge on any atom is -0.383 e. The third-order valence-electron chi connectivity index (χ3n) is 2.90. The molecule has 4 heteroatoms. The molecule has 0 aliphatic heterocycles. The van der Waals surface area contributed by atoms with Crippen LogP contribution in [0, 0.1) is 26.6 Å². The number of aryl methyl sites for hydroxylation is 3. The summed E-state index contributed by atoms with van der Waals surface area (Å²) in [6.07, 6.45) is -0.902. The zero-order valence-corrected chi connectivity index (χ0v) is 12.8. The van der Waals surface area contributed by atoms with Gasteiger partial charge in [-0.25, -0.2) is 4.39 Å². The number of aliphatic hydroxyl groups is 1. The second-order valence-corrected chi connectivity index (χ2v) is 6.89. The number of rotatable bonds is 2. The zero-order chi connectivity index (χ0) is 13.4. The Morgan fingerprint density at radius 3 is 2.33 bits per heavy atom. The number of thiophene rings is 1. The van der Waals surface area contributed by atoms with Crippen LogP contribution in [0.5, 0.6) is 0 Å². The van der Waals surface area contributed by atoms with E-state index in [1.165, 1.54) is 17.4 Å². The summed E-state index contributed by atoms with van der Waals surface area (Å²) < 4.78 is 15.0. The minimum absolute atomic E-state index is 0.345. The average molecular weight is 329 g/mol. The van der Waals surface area contributed by atoms with Gasteiger partial charge < -0.3 is 5.11 Å².